The van der Waals surface area contributed by atoms with Crippen LogP contribution >= 0.6 is 0 Å². The number of benzene rings is 2. The molecule has 0 bridgehead atoms. The Kier molecular flexibility index (Phi) is 4.34. The Bertz CT molecular complexity index is 716. The number of anilines is 2. The molecule has 98 valence electrons. The van der Waals surface area contributed by atoms with Crippen LogP contribution in [-0.4, -0.2) is 0 Å². The van der Waals surface area contributed by atoms with Gasteiger partial charge in [0, 0.05) is 0 Å². The molecule has 0 spiro atoms. The Morgan fingerprint density at radius 1 is 0.857 bits per heavy atom. The molecule has 0 aliphatic carbocycles. The van der Waals surface area contributed by atoms with Gasteiger partial charge in [0.2, 0.25) is 0 Å². The van der Waals surface area contributed by atoms with E-state index in [9.17, 15) is 0 Å². The third-order valence-electron chi connectivity index (χ3n) is 2.79. The first-order chi connectivity index (χ1) is 10.3. The highest BCUT2D eigenvalue weighted by molar-refractivity contribution is 5.71. The van der Waals surface area contributed by atoms with E-state index in [1.807, 2.05) is 60.7 Å². The van der Waals surface area contributed by atoms with Gasteiger partial charge in [-0.15, -0.1) is 0 Å². The van der Waals surface area contributed by atoms with Crippen LogP contribution in [0.3, 0.4) is 0 Å². The van der Waals surface area contributed by atoms with Gasteiger partial charge in [-0.1, -0.05) is 43.0 Å². The molecule has 4 nitrogen and oxygen atoms in total. The topological polar surface area (TPSA) is 55.2 Å². The fourth-order valence-corrected chi connectivity index (χ4v) is 1.89. The summed E-state index contributed by atoms with van der Waals surface area (Å²) in [6.45, 7) is 7.35. The average molecular weight is 270 g/mol. The SMILES string of the molecule is [C-]#[N+]C(=C(C#N)C#N)N(c1ccccc1)c1ccccc1. The minimum atomic E-state index is -0.210. The predicted molar refractivity (Wildman–Crippen MR) is 79.9 cm³/mol. The van der Waals surface area contributed by atoms with Gasteiger partial charge in [-0.3, -0.25) is 4.90 Å². The highest BCUT2D eigenvalue weighted by Crippen LogP contribution is 2.31. The van der Waals surface area contributed by atoms with Crippen molar-refractivity contribution in [3.8, 4) is 12.1 Å². The minimum Gasteiger partial charge on any atom is -0.362 e. The van der Waals surface area contributed by atoms with Crippen molar-refractivity contribution in [1.82, 2.24) is 0 Å². The number of para-hydroxylation sites is 2. The lowest BCUT2D eigenvalue weighted by molar-refractivity contribution is 1.19. The van der Waals surface area contributed by atoms with Crippen molar-refractivity contribution in [2.24, 2.45) is 0 Å². The number of nitrogens with zero attached hydrogens (tertiary/aromatic N) is 4. The van der Waals surface area contributed by atoms with E-state index in [0.29, 0.717) is 0 Å². The summed E-state index contributed by atoms with van der Waals surface area (Å²) in [6.07, 6.45) is 0. The van der Waals surface area contributed by atoms with Crippen LogP contribution in [0.15, 0.2) is 72.1 Å². The lowest BCUT2D eigenvalue weighted by Crippen LogP contribution is -2.15. The Labute approximate surface area is 123 Å². The zero-order chi connectivity index (χ0) is 15.1. The van der Waals surface area contributed by atoms with Crippen LogP contribution < -0.4 is 4.90 Å². The van der Waals surface area contributed by atoms with Gasteiger partial charge in [-0.2, -0.15) is 10.5 Å². The monoisotopic (exact) mass is 270 g/mol. The highest BCUT2D eigenvalue weighted by Gasteiger charge is 2.21. The first-order valence-corrected chi connectivity index (χ1v) is 6.14. The standard InChI is InChI=1S/C17H10N4/c1-20-17(14(12-18)13-19)21(15-8-4-2-5-9-15)16-10-6-3-7-11-16/h2-11H. The van der Waals surface area contributed by atoms with Gasteiger partial charge in [0.05, 0.1) is 0 Å². The van der Waals surface area contributed by atoms with E-state index in [-0.39, 0.29) is 11.4 Å². The first-order valence-electron chi connectivity index (χ1n) is 6.14. The van der Waals surface area contributed by atoms with Crippen LogP contribution in [0.25, 0.3) is 4.85 Å². The molecule has 0 N–H and O–H groups in total. The summed E-state index contributed by atoms with van der Waals surface area (Å²) in [6, 6.07) is 22.0. The molecule has 2 aromatic carbocycles. The molecule has 0 fully saturated rings. The van der Waals surface area contributed by atoms with Crippen LogP contribution in [0.4, 0.5) is 11.4 Å². The van der Waals surface area contributed by atoms with Crippen LogP contribution in [-0.2, 0) is 0 Å². The summed E-state index contributed by atoms with van der Waals surface area (Å²) in [5.74, 6) is -0.00241. The van der Waals surface area contributed by atoms with E-state index < -0.39 is 0 Å². The molecule has 0 aliphatic heterocycles. The lowest BCUT2D eigenvalue weighted by Gasteiger charge is -2.20. The molecule has 2 aromatic rings. The summed E-state index contributed by atoms with van der Waals surface area (Å²) in [5.41, 5.74) is 1.23. The third-order valence-corrected chi connectivity index (χ3v) is 2.79. The number of nitriles is 2. The highest BCUT2D eigenvalue weighted by atomic mass is 15.2. The van der Waals surface area contributed by atoms with Crippen molar-refractivity contribution in [3.05, 3.63) is 83.5 Å². The molecule has 2 rings (SSSR count). The Balaban J connectivity index is 2.70. The van der Waals surface area contributed by atoms with E-state index >= 15 is 0 Å². The maximum atomic E-state index is 9.07. The van der Waals surface area contributed by atoms with Crippen molar-refractivity contribution in [3.63, 3.8) is 0 Å². The summed E-state index contributed by atoms with van der Waals surface area (Å²) in [4.78, 5) is 5.00. The Hall–Kier alpha value is -3.55. The molecule has 0 heterocycles. The summed E-state index contributed by atoms with van der Waals surface area (Å²) in [7, 11) is 0. The van der Waals surface area contributed by atoms with Crippen molar-refractivity contribution < 1.29 is 0 Å². The smallest absolute Gasteiger partial charge is 0.263 e. The largest absolute Gasteiger partial charge is 0.362 e. The first kappa shape index (κ1) is 13.9. The van der Waals surface area contributed by atoms with Crippen molar-refractivity contribution in [1.29, 1.82) is 10.5 Å². The quantitative estimate of drug-likeness (QED) is 0.625. The zero-order valence-electron chi connectivity index (χ0n) is 11.1. The number of hydrogen-bond acceptors (Lipinski definition) is 3. The third kappa shape index (κ3) is 2.89. The van der Waals surface area contributed by atoms with E-state index in [4.69, 9.17) is 17.1 Å². The molecule has 0 amide bonds. The Morgan fingerprint density at radius 2 is 1.29 bits per heavy atom. The van der Waals surface area contributed by atoms with Gasteiger partial charge >= 0.3 is 0 Å². The molecule has 0 unspecified atom stereocenters. The second-order valence-electron chi connectivity index (χ2n) is 4.04. The molecular weight excluding hydrogens is 260 g/mol. The van der Waals surface area contributed by atoms with Crippen molar-refractivity contribution >= 4 is 11.4 Å². The van der Waals surface area contributed by atoms with Crippen LogP contribution in [0.1, 0.15) is 0 Å². The van der Waals surface area contributed by atoms with Crippen molar-refractivity contribution in [2.75, 3.05) is 4.90 Å². The molecule has 21 heavy (non-hydrogen) atoms. The molecule has 0 radical (unpaired) electrons. The van der Waals surface area contributed by atoms with Gasteiger partial charge in [0.1, 0.15) is 23.5 Å². The molecule has 0 atom stereocenters. The summed E-state index contributed by atoms with van der Waals surface area (Å²) >= 11 is 0. The number of hydrogen-bond donors (Lipinski definition) is 0. The van der Waals surface area contributed by atoms with Gasteiger partial charge in [0.15, 0.2) is 5.57 Å². The van der Waals surface area contributed by atoms with Crippen LogP contribution in [0.5, 0.6) is 0 Å². The van der Waals surface area contributed by atoms with Gasteiger partial charge in [0.25, 0.3) is 5.82 Å². The van der Waals surface area contributed by atoms with E-state index in [2.05, 4.69) is 4.85 Å². The van der Waals surface area contributed by atoms with Crippen LogP contribution in [0, 0.1) is 29.2 Å². The molecule has 4 heteroatoms. The second kappa shape index (κ2) is 6.57. The molecule has 0 aliphatic rings. The molecule has 0 saturated heterocycles. The maximum Gasteiger partial charge on any atom is 0.263 e. The van der Waals surface area contributed by atoms with E-state index in [1.165, 1.54) is 0 Å². The van der Waals surface area contributed by atoms with E-state index in [0.717, 1.165) is 11.4 Å². The van der Waals surface area contributed by atoms with Gasteiger partial charge in [-0.05, 0) is 24.3 Å². The summed E-state index contributed by atoms with van der Waals surface area (Å²) < 4.78 is 0. The molecule has 0 aromatic heterocycles. The fraction of sp³-hybridized carbons (Fsp3) is 0. The fourth-order valence-electron chi connectivity index (χ4n) is 1.89. The normalized spacial score (nSPS) is 8.81. The Morgan fingerprint density at radius 3 is 1.62 bits per heavy atom. The zero-order valence-corrected chi connectivity index (χ0v) is 11.1. The van der Waals surface area contributed by atoms with Crippen molar-refractivity contribution in [2.45, 2.75) is 0 Å². The number of allylic oxidation sites excluding steroid dienone is 1. The van der Waals surface area contributed by atoms with Crippen LogP contribution in [0.2, 0.25) is 0 Å². The maximum absolute atomic E-state index is 9.07. The second-order valence-corrected chi connectivity index (χ2v) is 4.04. The average Bonchev–Trinajstić information content (AvgIpc) is 2.56. The molecular formula is C17H10N4. The van der Waals surface area contributed by atoms with E-state index in [1.54, 1.807) is 17.0 Å². The molecule has 0 saturated carbocycles. The minimum absolute atomic E-state index is 0.00241. The summed E-state index contributed by atoms with van der Waals surface area (Å²) in [5, 5.41) is 18.1. The predicted octanol–water partition coefficient (Wildman–Crippen LogP) is 4.00. The van der Waals surface area contributed by atoms with Gasteiger partial charge < -0.3 is 4.85 Å². The van der Waals surface area contributed by atoms with Gasteiger partial charge in [-0.25, -0.2) is 0 Å². The lowest BCUT2D eigenvalue weighted by atomic mass is 10.2. The number of rotatable bonds is 3.